The van der Waals surface area contributed by atoms with Crippen LogP contribution < -0.4 is 0 Å². The van der Waals surface area contributed by atoms with Crippen LogP contribution in [0.1, 0.15) is 5.69 Å². The maximum absolute atomic E-state index is 10.8. The van der Waals surface area contributed by atoms with Crippen LogP contribution in [0.3, 0.4) is 0 Å². The summed E-state index contributed by atoms with van der Waals surface area (Å²) in [6.07, 6.45) is 5.88. The van der Waals surface area contributed by atoms with Gasteiger partial charge in [-0.15, -0.1) is 0 Å². The fourth-order valence-corrected chi connectivity index (χ4v) is 1.83. The molecule has 0 amide bonds. The monoisotopic (exact) mass is 272 g/mol. The molecule has 3 heterocycles. The maximum Gasteiger partial charge on any atom is 0.432 e. The minimum Gasteiger partial charge on any atom is -0.463 e. The van der Waals surface area contributed by atoms with Crippen LogP contribution in [0.15, 0.2) is 36.0 Å². The van der Waals surface area contributed by atoms with Gasteiger partial charge in [0, 0.05) is 11.8 Å². The van der Waals surface area contributed by atoms with Crippen LogP contribution in [0, 0.1) is 0 Å². The van der Waals surface area contributed by atoms with Crippen LogP contribution in [0.4, 0.5) is 4.79 Å². The summed E-state index contributed by atoms with van der Waals surface area (Å²) in [6, 6.07) is 1.74. The smallest absolute Gasteiger partial charge is 0.432 e. The summed E-state index contributed by atoms with van der Waals surface area (Å²) in [7, 11) is 0. The van der Waals surface area contributed by atoms with Crippen LogP contribution >= 0.6 is 0 Å². The van der Waals surface area contributed by atoms with Crippen molar-refractivity contribution in [3.8, 4) is 11.3 Å². The molecule has 20 heavy (non-hydrogen) atoms. The van der Waals surface area contributed by atoms with Crippen LogP contribution in [-0.4, -0.2) is 47.0 Å². The zero-order valence-corrected chi connectivity index (χ0v) is 9.95. The molecule has 0 aliphatic carbocycles. The first-order valence-corrected chi connectivity index (χ1v) is 5.49. The van der Waals surface area contributed by atoms with Crippen molar-refractivity contribution < 1.29 is 15.1 Å². The fraction of sp³-hybridized carbons (Fsp3) is 0. The van der Waals surface area contributed by atoms with Gasteiger partial charge in [0.15, 0.2) is 0 Å². The first-order valence-electron chi connectivity index (χ1n) is 5.49. The van der Waals surface area contributed by atoms with Crippen molar-refractivity contribution in [2.75, 3.05) is 0 Å². The van der Waals surface area contributed by atoms with Gasteiger partial charge in [-0.05, 0) is 6.07 Å². The summed E-state index contributed by atoms with van der Waals surface area (Å²) >= 11 is 0. The van der Waals surface area contributed by atoms with Gasteiger partial charge in [0.1, 0.15) is 5.69 Å². The highest BCUT2D eigenvalue weighted by Gasteiger charge is 2.12. The van der Waals surface area contributed by atoms with E-state index in [0.29, 0.717) is 22.5 Å². The Morgan fingerprint density at radius 1 is 1.35 bits per heavy atom. The van der Waals surface area contributed by atoms with E-state index in [1.165, 1.54) is 12.4 Å². The highest BCUT2D eigenvalue weighted by atomic mass is 16.4. The summed E-state index contributed by atoms with van der Waals surface area (Å²) in [5.41, 5.74) is 2.07. The highest BCUT2D eigenvalue weighted by Crippen LogP contribution is 2.22. The number of hydrogen-bond donors (Lipinski definition) is 2. The van der Waals surface area contributed by atoms with Crippen molar-refractivity contribution >= 4 is 17.8 Å². The van der Waals surface area contributed by atoms with Crippen molar-refractivity contribution in [3.05, 3.63) is 36.5 Å². The van der Waals surface area contributed by atoms with Crippen LogP contribution in [0.2, 0.25) is 0 Å². The van der Waals surface area contributed by atoms with E-state index in [1.807, 2.05) is 0 Å². The summed E-state index contributed by atoms with van der Waals surface area (Å²) in [4.78, 5) is 15.1. The number of carbonyl (C=O) groups is 1. The molecular weight excluding hydrogens is 264 g/mol. The van der Waals surface area contributed by atoms with Crippen molar-refractivity contribution in [2.45, 2.75) is 0 Å². The third-order valence-corrected chi connectivity index (χ3v) is 2.65. The van der Waals surface area contributed by atoms with Gasteiger partial charge in [0.05, 0.1) is 36.0 Å². The molecule has 9 heteroatoms. The molecule has 3 rings (SSSR count). The number of aromatic nitrogens is 5. The van der Waals surface area contributed by atoms with Gasteiger partial charge in [0.2, 0.25) is 0 Å². The lowest BCUT2D eigenvalue weighted by molar-refractivity contribution is 0.192. The van der Waals surface area contributed by atoms with Crippen LogP contribution in [0.25, 0.3) is 16.8 Å². The Balaban J connectivity index is 2.22. The second-order valence-electron chi connectivity index (χ2n) is 3.88. The number of carboxylic acid groups (broad SMARTS) is 1. The maximum atomic E-state index is 10.8. The van der Waals surface area contributed by atoms with Crippen molar-refractivity contribution in [2.24, 2.45) is 5.16 Å². The SMILES string of the molecule is O=C(O)n1cc(-c2nc(C=NO)cn3nccc23)cn1. The van der Waals surface area contributed by atoms with Gasteiger partial charge in [-0.2, -0.15) is 14.9 Å². The molecule has 100 valence electrons. The normalized spacial score (nSPS) is 11.4. The largest absolute Gasteiger partial charge is 0.463 e. The predicted octanol–water partition coefficient (Wildman–Crippen LogP) is 0.927. The van der Waals surface area contributed by atoms with Crippen molar-refractivity contribution in [1.82, 2.24) is 24.4 Å². The number of fused-ring (bicyclic) bond motifs is 1. The van der Waals surface area contributed by atoms with Crippen molar-refractivity contribution in [3.63, 3.8) is 0 Å². The molecule has 0 bridgehead atoms. The quantitative estimate of drug-likeness (QED) is 0.407. The lowest BCUT2D eigenvalue weighted by Crippen LogP contribution is -2.07. The van der Waals surface area contributed by atoms with Crippen molar-refractivity contribution in [1.29, 1.82) is 0 Å². The van der Waals surface area contributed by atoms with E-state index < -0.39 is 6.09 Å². The third kappa shape index (κ3) is 1.86. The minimum atomic E-state index is -1.19. The first-order chi connectivity index (χ1) is 9.69. The summed E-state index contributed by atoms with van der Waals surface area (Å²) < 4.78 is 2.34. The minimum absolute atomic E-state index is 0.377. The van der Waals surface area contributed by atoms with Crippen LogP contribution in [-0.2, 0) is 0 Å². The number of oxime groups is 1. The molecule has 0 unspecified atom stereocenters. The Kier molecular flexibility index (Phi) is 2.64. The molecule has 0 aromatic carbocycles. The molecule has 0 fully saturated rings. The molecule has 0 radical (unpaired) electrons. The number of nitrogens with zero attached hydrogens (tertiary/aromatic N) is 6. The van der Waals surface area contributed by atoms with E-state index in [9.17, 15) is 4.79 Å². The van der Waals surface area contributed by atoms with Gasteiger partial charge < -0.3 is 10.3 Å². The molecule has 0 spiro atoms. The fourth-order valence-electron chi connectivity index (χ4n) is 1.83. The Bertz CT molecular complexity index is 819. The molecular formula is C11H8N6O3. The van der Waals surface area contributed by atoms with E-state index in [-0.39, 0.29) is 0 Å². The molecule has 0 saturated heterocycles. The Morgan fingerprint density at radius 3 is 2.90 bits per heavy atom. The molecule has 0 atom stereocenters. The van der Waals surface area contributed by atoms with Crippen LogP contribution in [0.5, 0.6) is 0 Å². The number of hydrogen-bond acceptors (Lipinski definition) is 6. The van der Waals surface area contributed by atoms with Gasteiger partial charge in [0.25, 0.3) is 0 Å². The molecule has 0 aliphatic rings. The molecule has 2 N–H and O–H groups in total. The van der Waals surface area contributed by atoms with E-state index >= 15 is 0 Å². The topological polar surface area (TPSA) is 118 Å². The predicted molar refractivity (Wildman–Crippen MR) is 67.0 cm³/mol. The second-order valence-corrected chi connectivity index (χ2v) is 3.88. The highest BCUT2D eigenvalue weighted by molar-refractivity contribution is 5.82. The third-order valence-electron chi connectivity index (χ3n) is 2.65. The van der Waals surface area contributed by atoms with Gasteiger partial charge in [-0.1, -0.05) is 5.16 Å². The van der Waals surface area contributed by atoms with Gasteiger partial charge >= 0.3 is 6.09 Å². The molecule has 3 aromatic rings. The average Bonchev–Trinajstić information content (AvgIpc) is 3.07. The zero-order valence-electron chi connectivity index (χ0n) is 9.95. The molecule has 9 nitrogen and oxygen atoms in total. The van der Waals surface area contributed by atoms with E-state index in [4.69, 9.17) is 10.3 Å². The molecule has 0 aliphatic heterocycles. The van der Waals surface area contributed by atoms with E-state index in [0.717, 1.165) is 10.9 Å². The molecule has 3 aromatic heterocycles. The summed E-state index contributed by atoms with van der Waals surface area (Å²) in [5.74, 6) is 0. The Morgan fingerprint density at radius 2 is 2.20 bits per heavy atom. The molecule has 0 saturated carbocycles. The summed E-state index contributed by atoms with van der Waals surface area (Å²) in [5, 5.41) is 28.2. The Labute approximate surface area is 111 Å². The van der Waals surface area contributed by atoms with E-state index in [2.05, 4.69) is 20.3 Å². The lowest BCUT2D eigenvalue weighted by atomic mass is 10.2. The second kappa shape index (κ2) is 4.46. The number of rotatable bonds is 2. The Hall–Kier alpha value is -3.23. The van der Waals surface area contributed by atoms with Gasteiger partial charge in [-0.3, -0.25) is 0 Å². The van der Waals surface area contributed by atoms with E-state index in [1.54, 1.807) is 23.0 Å². The zero-order chi connectivity index (χ0) is 14.1. The summed E-state index contributed by atoms with van der Waals surface area (Å²) in [6.45, 7) is 0. The lowest BCUT2D eigenvalue weighted by Gasteiger charge is -2.02. The average molecular weight is 272 g/mol. The first kappa shape index (κ1) is 11.8. The van der Waals surface area contributed by atoms with Gasteiger partial charge in [-0.25, -0.2) is 14.3 Å². The standard InChI is InChI=1S/C11H8N6O3/c18-11(19)17-5-7(3-13-17)10-9-1-2-12-16(9)6-8(15-10)4-14-20/h1-6,20H,(H,18,19).